The number of halogens is 1. The third-order valence-corrected chi connectivity index (χ3v) is 8.87. The minimum atomic E-state index is -3.86. The molecule has 0 saturated heterocycles. The summed E-state index contributed by atoms with van der Waals surface area (Å²) in [5.41, 5.74) is 0.710. The van der Waals surface area contributed by atoms with Crippen molar-refractivity contribution in [1.29, 1.82) is 0 Å². The number of aliphatic hydroxyl groups is 1. The van der Waals surface area contributed by atoms with Crippen molar-refractivity contribution in [3.63, 3.8) is 0 Å². The van der Waals surface area contributed by atoms with Crippen LogP contribution in [0.4, 0.5) is 5.69 Å². The number of likely N-dealkylation sites (N-methyl/N-ethyl adjacent to an activating group) is 1. The number of aliphatic hydroxyl groups excluding tert-OH is 1. The van der Waals surface area contributed by atoms with E-state index in [9.17, 15) is 26.7 Å². The Morgan fingerprint density at radius 1 is 1.19 bits per heavy atom. The second-order valence-corrected chi connectivity index (χ2v) is 13.6. The van der Waals surface area contributed by atoms with E-state index in [1.165, 1.54) is 47.8 Å². The zero-order valence-corrected chi connectivity index (χ0v) is 23.5. The lowest BCUT2D eigenvalue weighted by atomic mass is 10.0. The number of sulfonamides is 2. The smallest absolute Gasteiger partial charge is 0.242 e. The largest absolute Gasteiger partial charge is 0.488 e. The third-order valence-electron chi connectivity index (χ3n) is 6.18. The van der Waals surface area contributed by atoms with Crippen molar-refractivity contribution in [2.24, 2.45) is 5.92 Å². The second-order valence-electron chi connectivity index (χ2n) is 9.32. The number of benzene rings is 2. The Kier molecular flexibility index (Phi) is 9.12. The van der Waals surface area contributed by atoms with Crippen LogP contribution in [0.2, 0.25) is 5.02 Å². The zero-order valence-electron chi connectivity index (χ0n) is 21.1. The first-order valence-corrected chi connectivity index (χ1v) is 15.3. The fourth-order valence-electron chi connectivity index (χ4n) is 4.06. The first-order valence-electron chi connectivity index (χ1n) is 11.6. The molecule has 2 aromatic carbocycles. The van der Waals surface area contributed by atoms with Gasteiger partial charge in [-0.3, -0.25) is 9.52 Å². The molecule has 3 rings (SSSR count). The van der Waals surface area contributed by atoms with Crippen molar-refractivity contribution in [3.05, 3.63) is 53.1 Å². The molecule has 0 aromatic heterocycles. The topological polar surface area (TPSA) is 133 Å². The van der Waals surface area contributed by atoms with E-state index >= 15 is 0 Å². The number of hydrogen-bond donors (Lipinski definition) is 2. The van der Waals surface area contributed by atoms with Gasteiger partial charge in [-0.2, -0.15) is 4.31 Å². The summed E-state index contributed by atoms with van der Waals surface area (Å²) in [7, 11) is -5.96. The van der Waals surface area contributed by atoms with E-state index in [0.29, 0.717) is 16.3 Å². The van der Waals surface area contributed by atoms with Crippen LogP contribution < -0.4 is 9.46 Å². The van der Waals surface area contributed by atoms with Gasteiger partial charge >= 0.3 is 0 Å². The van der Waals surface area contributed by atoms with Gasteiger partial charge in [-0.25, -0.2) is 16.8 Å². The molecule has 1 aliphatic rings. The fraction of sp³-hybridized carbons (Fsp3) is 0.458. The van der Waals surface area contributed by atoms with Gasteiger partial charge in [0.2, 0.25) is 26.0 Å². The van der Waals surface area contributed by atoms with Crippen LogP contribution in [-0.2, 0) is 31.3 Å². The first kappa shape index (κ1) is 29.2. The lowest BCUT2D eigenvalue weighted by Crippen LogP contribution is -2.48. The Morgan fingerprint density at radius 3 is 2.43 bits per heavy atom. The van der Waals surface area contributed by atoms with Crippen LogP contribution >= 0.6 is 11.6 Å². The van der Waals surface area contributed by atoms with Crippen molar-refractivity contribution >= 4 is 43.2 Å². The fourth-order valence-corrected chi connectivity index (χ4v) is 5.93. The Balaban J connectivity index is 1.99. The van der Waals surface area contributed by atoms with Crippen LogP contribution in [-0.4, -0.2) is 82.2 Å². The molecule has 0 saturated carbocycles. The molecule has 13 heteroatoms. The number of nitrogens with one attached hydrogen (secondary N) is 1. The Labute approximate surface area is 223 Å². The minimum absolute atomic E-state index is 0.0234. The number of anilines is 1. The maximum absolute atomic E-state index is 13.2. The molecule has 1 amide bonds. The highest BCUT2D eigenvalue weighted by molar-refractivity contribution is 7.92. The van der Waals surface area contributed by atoms with Gasteiger partial charge < -0.3 is 14.7 Å². The third kappa shape index (κ3) is 7.35. The van der Waals surface area contributed by atoms with Gasteiger partial charge in [-0.1, -0.05) is 18.5 Å². The van der Waals surface area contributed by atoms with Crippen molar-refractivity contribution in [3.8, 4) is 5.75 Å². The number of ether oxygens (including phenoxy) is 1. The number of hydrogen-bond acceptors (Lipinski definition) is 7. The summed E-state index contributed by atoms with van der Waals surface area (Å²) >= 11 is 5.91. The van der Waals surface area contributed by atoms with E-state index in [2.05, 4.69) is 4.72 Å². The van der Waals surface area contributed by atoms with Crippen molar-refractivity contribution < 1.29 is 31.5 Å². The standard InChI is InChI=1S/C24H32ClN3O7S2/c1-16-13-28(17(2)15-29)24(30)12-18-11-20(26-36(4,31)32)7-10-22(18)35-23(16)14-27(3)37(33,34)21-8-5-19(25)6-9-21/h5-11,16-17,23,26,29H,12-15H2,1-4H3/t16-,17+,23+/m0/s1. The summed E-state index contributed by atoms with van der Waals surface area (Å²) in [6.45, 7) is 3.52. The summed E-state index contributed by atoms with van der Waals surface area (Å²) in [4.78, 5) is 14.9. The van der Waals surface area contributed by atoms with E-state index in [1.54, 1.807) is 17.9 Å². The summed E-state index contributed by atoms with van der Waals surface area (Å²) in [5.74, 6) is -0.238. The number of amides is 1. The van der Waals surface area contributed by atoms with Gasteiger partial charge in [0.05, 0.1) is 36.8 Å². The quantitative estimate of drug-likeness (QED) is 0.494. The molecule has 0 aliphatic carbocycles. The molecule has 10 nitrogen and oxygen atoms in total. The molecule has 37 heavy (non-hydrogen) atoms. The van der Waals surface area contributed by atoms with E-state index in [1.807, 2.05) is 6.92 Å². The molecule has 0 radical (unpaired) electrons. The summed E-state index contributed by atoms with van der Waals surface area (Å²) in [5, 5.41) is 10.2. The predicted molar refractivity (Wildman–Crippen MR) is 142 cm³/mol. The van der Waals surface area contributed by atoms with E-state index in [-0.39, 0.29) is 48.5 Å². The monoisotopic (exact) mass is 573 g/mol. The molecular weight excluding hydrogens is 542 g/mol. The lowest BCUT2D eigenvalue weighted by Gasteiger charge is -2.33. The van der Waals surface area contributed by atoms with Crippen LogP contribution in [0.25, 0.3) is 0 Å². The van der Waals surface area contributed by atoms with Crippen molar-refractivity contribution in [1.82, 2.24) is 9.21 Å². The molecular formula is C24H32ClN3O7S2. The van der Waals surface area contributed by atoms with E-state index in [0.717, 1.165) is 6.26 Å². The van der Waals surface area contributed by atoms with Crippen LogP contribution in [0.15, 0.2) is 47.4 Å². The summed E-state index contributed by atoms with van der Waals surface area (Å²) < 4.78 is 59.7. The maximum Gasteiger partial charge on any atom is 0.242 e. The van der Waals surface area contributed by atoms with E-state index in [4.69, 9.17) is 16.3 Å². The summed E-state index contributed by atoms with van der Waals surface area (Å²) in [6.07, 6.45) is 0.270. The number of fused-ring (bicyclic) bond motifs is 1. The highest BCUT2D eigenvalue weighted by Gasteiger charge is 2.33. The zero-order chi connectivity index (χ0) is 27.5. The molecule has 3 atom stereocenters. The Hall–Kier alpha value is -2.38. The number of carbonyl (C=O) groups is 1. The molecule has 1 aliphatic heterocycles. The van der Waals surface area contributed by atoms with Crippen molar-refractivity contribution in [2.45, 2.75) is 37.3 Å². The predicted octanol–water partition coefficient (Wildman–Crippen LogP) is 2.18. The maximum atomic E-state index is 13.2. The van der Waals surface area contributed by atoms with Gasteiger partial charge in [-0.05, 0) is 49.4 Å². The molecule has 1 heterocycles. The Morgan fingerprint density at radius 2 is 1.84 bits per heavy atom. The SMILES string of the molecule is C[C@H](CO)N1C[C@H](C)[C@@H](CN(C)S(=O)(=O)c2ccc(Cl)cc2)Oc2ccc(NS(C)(=O)=O)cc2CC1=O. The van der Waals surface area contributed by atoms with Gasteiger partial charge in [-0.15, -0.1) is 0 Å². The molecule has 2 aromatic rings. The average Bonchev–Trinajstić information content (AvgIpc) is 2.85. The second kappa shape index (κ2) is 11.6. The molecule has 204 valence electrons. The van der Waals surface area contributed by atoms with Gasteiger partial charge in [0.25, 0.3) is 0 Å². The van der Waals surface area contributed by atoms with Gasteiger partial charge in [0.15, 0.2) is 0 Å². The number of rotatable bonds is 8. The molecule has 0 bridgehead atoms. The van der Waals surface area contributed by atoms with Crippen molar-refractivity contribution in [2.75, 3.05) is 37.7 Å². The number of carbonyl (C=O) groups excluding carboxylic acids is 1. The van der Waals surface area contributed by atoms with Crippen LogP contribution in [0.1, 0.15) is 19.4 Å². The van der Waals surface area contributed by atoms with Crippen LogP contribution in [0, 0.1) is 5.92 Å². The van der Waals surface area contributed by atoms with Gasteiger partial charge in [0.1, 0.15) is 11.9 Å². The average molecular weight is 574 g/mol. The first-order chi connectivity index (χ1) is 17.2. The van der Waals surface area contributed by atoms with E-state index < -0.39 is 32.2 Å². The van der Waals surface area contributed by atoms with Crippen LogP contribution in [0.3, 0.4) is 0 Å². The van der Waals surface area contributed by atoms with Gasteiger partial charge in [0, 0.05) is 35.8 Å². The minimum Gasteiger partial charge on any atom is -0.488 e. The molecule has 0 spiro atoms. The highest BCUT2D eigenvalue weighted by Crippen LogP contribution is 2.30. The molecule has 2 N–H and O–H groups in total. The van der Waals surface area contributed by atoms with Crippen LogP contribution in [0.5, 0.6) is 5.75 Å². The Bertz CT molecular complexity index is 1330. The molecule has 0 fully saturated rings. The lowest BCUT2D eigenvalue weighted by molar-refractivity contribution is -0.134. The summed E-state index contributed by atoms with van der Waals surface area (Å²) in [6, 6.07) is 9.98. The number of nitrogens with zero attached hydrogens (tertiary/aromatic N) is 2. The highest BCUT2D eigenvalue weighted by atomic mass is 35.5. The normalized spacial score (nSPS) is 19.9. The molecule has 0 unspecified atom stereocenters.